The average molecular weight is 449 g/mol. The maximum absolute atomic E-state index is 13.1. The lowest BCUT2D eigenvalue weighted by Crippen LogP contribution is -2.43. The SMILES string of the molecule is Cc1cccc(NC(=O)C(C)OC(=O)C2CCCN(S(=O)(=O)c3ccc(F)cc3)C2)c1. The van der Waals surface area contributed by atoms with Crippen LogP contribution >= 0.6 is 0 Å². The maximum atomic E-state index is 13.1. The van der Waals surface area contributed by atoms with Crippen LogP contribution in [-0.4, -0.2) is 43.8 Å². The van der Waals surface area contributed by atoms with Gasteiger partial charge < -0.3 is 10.1 Å². The van der Waals surface area contributed by atoms with Gasteiger partial charge in [0.05, 0.1) is 10.8 Å². The van der Waals surface area contributed by atoms with Crippen LogP contribution < -0.4 is 5.32 Å². The third kappa shape index (κ3) is 5.68. The second-order valence-electron chi connectivity index (χ2n) is 7.59. The minimum absolute atomic E-state index is 0.0335. The van der Waals surface area contributed by atoms with Crippen molar-refractivity contribution in [3.05, 3.63) is 59.9 Å². The number of hydrogen-bond acceptors (Lipinski definition) is 5. The van der Waals surface area contributed by atoms with E-state index >= 15 is 0 Å². The summed E-state index contributed by atoms with van der Waals surface area (Å²) < 4.78 is 45.3. The summed E-state index contributed by atoms with van der Waals surface area (Å²) in [7, 11) is -3.86. The number of piperidine rings is 1. The Morgan fingerprint density at radius 3 is 2.58 bits per heavy atom. The molecule has 0 spiro atoms. The summed E-state index contributed by atoms with van der Waals surface area (Å²) in [6.07, 6.45) is -0.0954. The van der Waals surface area contributed by atoms with Gasteiger partial charge in [-0.2, -0.15) is 4.31 Å². The molecule has 2 aromatic carbocycles. The first-order chi connectivity index (χ1) is 14.7. The second-order valence-corrected chi connectivity index (χ2v) is 9.53. The van der Waals surface area contributed by atoms with Crippen LogP contribution in [0.15, 0.2) is 53.4 Å². The topological polar surface area (TPSA) is 92.8 Å². The lowest BCUT2D eigenvalue weighted by Gasteiger charge is -2.31. The van der Waals surface area contributed by atoms with Crippen molar-refractivity contribution in [2.24, 2.45) is 5.92 Å². The molecule has 2 unspecified atom stereocenters. The van der Waals surface area contributed by atoms with Crippen molar-refractivity contribution in [1.29, 1.82) is 0 Å². The molecular weight excluding hydrogens is 423 g/mol. The molecule has 3 rings (SSSR count). The minimum Gasteiger partial charge on any atom is -0.452 e. The lowest BCUT2D eigenvalue weighted by molar-refractivity contribution is -0.158. The van der Waals surface area contributed by atoms with Crippen LogP contribution in [0.25, 0.3) is 0 Å². The summed E-state index contributed by atoms with van der Waals surface area (Å²) >= 11 is 0. The quantitative estimate of drug-likeness (QED) is 0.686. The molecule has 0 bridgehead atoms. The summed E-state index contributed by atoms with van der Waals surface area (Å²) in [4.78, 5) is 24.9. The summed E-state index contributed by atoms with van der Waals surface area (Å²) in [5, 5.41) is 2.70. The minimum atomic E-state index is -3.86. The summed E-state index contributed by atoms with van der Waals surface area (Å²) in [5.74, 6) is -2.30. The van der Waals surface area contributed by atoms with E-state index in [-0.39, 0.29) is 18.0 Å². The zero-order valence-corrected chi connectivity index (χ0v) is 18.2. The van der Waals surface area contributed by atoms with Gasteiger partial charge >= 0.3 is 5.97 Å². The van der Waals surface area contributed by atoms with Gasteiger partial charge in [-0.15, -0.1) is 0 Å². The van der Waals surface area contributed by atoms with Crippen molar-refractivity contribution in [3.8, 4) is 0 Å². The van der Waals surface area contributed by atoms with E-state index in [4.69, 9.17) is 4.74 Å². The van der Waals surface area contributed by atoms with Gasteiger partial charge in [0.1, 0.15) is 5.82 Å². The molecule has 9 heteroatoms. The van der Waals surface area contributed by atoms with Crippen molar-refractivity contribution < 1.29 is 27.1 Å². The second kappa shape index (κ2) is 9.57. The highest BCUT2D eigenvalue weighted by Gasteiger charge is 2.35. The highest BCUT2D eigenvalue weighted by molar-refractivity contribution is 7.89. The van der Waals surface area contributed by atoms with Crippen molar-refractivity contribution in [2.45, 2.75) is 37.7 Å². The van der Waals surface area contributed by atoms with E-state index in [1.165, 1.54) is 23.4 Å². The fourth-order valence-corrected chi connectivity index (χ4v) is 4.92. The molecule has 1 fully saturated rings. The van der Waals surface area contributed by atoms with Crippen LogP contribution in [0, 0.1) is 18.7 Å². The van der Waals surface area contributed by atoms with Crippen LogP contribution in [0.3, 0.4) is 0 Å². The molecule has 1 amide bonds. The highest BCUT2D eigenvalue weighted by atomic mass is 32.2. The Kier molecular flexibility index (Phi) is 7.07. The average Bonchev–Trinajstić information content (AvgIpc) is 2.74. The molecule has 0 aromatic heterocycles. The molecule has 1 heterocycles. The molecule has 7 nitrogen and oxygen atoms in total. The van der Waals surface area contributed by atoms with E-state index in [1.54, 1.807) is 18.2 Å². The number of amides is 1. The Morgan fingerprint density at radius 1 is 1.19 bits per heavy atom. The third-order valence-electron chi connectivity index (χ3n) is 5.12. The standard InChI is InChI=1S/C22H25FN2O5S/c1-15-5-3-7-19(13-15)24-21(26)16(2)30-22(27)17-6-4-12-25(14-17)31(28,29)20-10-8-18(23)9-11-20/h3,5,7-11,13,16-17H,4,6,12,14H2,1-2H3,(H,24,26). The van der Waals surface area contributed by atoms with Crippen LogP contribution in [0.5, 0.6) is 0 Å². The third-order valence-corrected chi connectivity index (χ3v) is 7.00. The molecule has 0 aliphatic carbocycles. The number of anilines is 1. The van der Waals surface area contributed by atoms with Gasteiger partial charge in [-0.1, -0.05) is 12.1 Å². The fourth-order valence-electron chi connectivity index (χ4n) is 3.40. The van der Waals surface area contributed by atoms with E-state index in [0.29, 0.717) is 18.5 Å². The molecule has 1 aliphatic rings. The van der Waals surface area contributed by atoms with Crippen molar-refractivity contribution in [1.82, 2.24) is 4.31 Å². The van der Waals surface area contributed by atoms with Gasteiger partial charge in [0.25, 0.3) is 5.91 Å². The molecule has 1 N–H and O–H groups in total. The number of nitrogens with one attached hydrogen (secondary N) is 1. The zero-order chi connectivity index (χ0) is 22.6. The van der Waals surface area contributed by atoms with Gasteiger partial charge in [-0.3, -0.25) is 9.59 Å². The molecule has 1 aliphatic heterocycles. The Bertz CT molecular complexity index is 1060. The largest absolute Gasteiger partial charge is 0.452 e. The monoisotopic (exact) mass is 448 g/mol. The van der Waals surface area contributed by atoms with Gasteiger partial charge in [0, 0.05) is 18.8 Å². The number of rotatable bonds is 6. The molecular formula is C22H25FN2O5S. The Morgan fingerprint density at radius 2 is 1.90 bits per heavy atom. The zero-order valence-electron chi connectivity index (χ0n) is 17.4. The fraction of sp³-hybridized carbons (Fsp3) is 0.364. The van der Waals surface area contributed by atoms with Crippen LogP contribution in [0.2, 0.25) is 0 Å². The Labute approximate surface area is 181 Å². The predicted octanol–water partition coefficient (Wildman–Crippen LogP) is 3.11. The van der Waals surface area contributed by atoms with E-state index in [0.717, 1.165) is 17.7 Å². The first-order valence-electron chi connectivity index (χ1n) is 10.0. The van der Waals surface area contributed by atoms with Crippen molar-refractivity contribution >= 4 is 27.6 Å². The van der Waals surface area contributed by atoms with E-state index in [9.17, 15) is 22.4 Å². The van der Waals surface area contributed by atoms with Crippen LogP contribution in [0.4, 0.5) is 10.1 Å². The van der Waals surface area contributed by atoms with Crippen LogP contribution in [-0.2, 0) is 24.3 Å². The molecule has 0 saturated carbocycles. The number of carbonyl (C=O) groups excluding carboxylic acids is 2. The first-order valence-corrected chi connectivity index (χ1v) is 11.4. The smallest absolute Gasteiger partial charge is 0.311 e. The number of aryl methyl sites for hydroxylation is 1. The lowest BCUT2D eigenvalue weighted by atomic mass is 10.00. The molecule has 1 saturated heterocycles. The molecule has 0 radical (unpaired) electrons. The van der Waals surface area contributed by atoms with E-state index < -0.39 is 39.7 Å². The number of carbonyl (C=O) groups is 2. The Hall–Kier alpha value is -2.78. The summed E-state index contributed by atoms with van der Waals surface area (Å²) in [6, 6.07) is 11.8. The number of sulfonamides is 1. The number of nitrogens with zero attached hydrogens (tertiary/aromatic N) is 1. The Balaban J connectivity index is 1.61. The first kappa shape index (κ1) is 22.9. The van der Waals surface area contributed by atoms with E-state index in [2.05, 4.69) is 5.32 Å². The van der Waals surface area contributed by atoms with Crippen molar-refractivity contribution in [2.75, 3.05) is 18.4 Å². The number of hydrogen-bond donors (Lipinski definition) is 1. The molecule has 31 heavy (non-hydrogen) atoms. The normalized spacial score (nSPS) is 18.2. The van der Waals surface area contributed by atoms with Gasteiger partial charge in [0.15, 0.2) is 6.10 Å². The number of ether oxygens (including phenoxy) is 1. The van der Waals surface area contributed by atoms with E-state index in [1.807, 2.05) is 13.0 Å². The maximum Gasteiger partial charge on any atom is 0.311 e. The van der Waals surface area contributed by atoms with Gasteiger partial charge in [-0.25, -0.2) is 12.8 Å². The highest BCUT2D eigenvalue weighted by Crippen LogP contribution is 2.25. The van der Waals surface area contributed by atoms with Crippen molar-refractivity contribution in [3.63, 3.8) is 0 Å². The summed E-state index contributed by atoms with van der Waals surface area (Å²) in [5.41, 5.74) is 1.58. The number of halogens is 1. The van der Waals surface area contributed by atoms with Gasteiger partial charge in [0.2, 0.25) is 10.0 Å². The van der Waals surface area contributed by atoms with Gasteiger partial charge in [-0.05, 0) is 68.7 Å². The predicted molar refractivity (Wildman–Crippen MR) is 113 cm³/mol. The number of benzene rings is 2. The number of esters is 1. The molecule has 2 aromatic rings. The van der Waals surface area contributed by atoms with Crippen LogP contribution in [0.1, 0.15) is 25.3 Å². The molecule has 166 valence electrons. The molecule has 2 atom stereocenters. The summed E-state index contributed by atoms with van der Waals surface area (Å²) in [6.45, 7) is 3.57.